The van der Waals surface area contributed by atoms with Crippen molar-refractivity contribution in [1.29, 1.82) is 0 Å². The maximum atomic E-state index is 12.4. The Hall–Kier alpha value is -1.14. The SMILES string of the molecule is CC(=O)OC1CC2C3(C)CCC4C(C)(C)CCCC4(C)C3CC(OC(C)=O)C2(C)C2C(O)OCC12. The summed E-state index contributed by atoms with van der Waals surface area (Å²) in [6.45, 7) is 15.4. The molecule has 5 aliphatic rings. The number of carbonyl (C=O) groups is 2. The van der Waals surface area contributed by atoms with E-state index < -0.39 is 11.7 Å². The molecule has 35 heavy (non-hydrogen) atoms. The Morgan fingerprint density at radius 1 is 0.857 bits per heavy atom. The van der Waals surface area contributed by atoms with Crippen molar-refractivity contribution in [3.8, 4) is 0 Å². The number of aliphatic hydroxyl groups excluding tert-OH is 1. The molecule has 4 saturated carbocycles. The molecule has 6 heteroatoms. The predicted molar refractivity (Wildman–Crippen MR) is 131 cm³/mol. The third-order valence-corrected chi connectivity index (χ3v) is 12.0. The van der Waals surface area contributed by atoms with Crippen molar-refractivity contribution >= 4 is 11.9 Å². The summed E-state index contributed by atoms with van der Waals surface area (Å²) < 4.78 is 17.9. The third kappa shape index (κ3) is 3.55. The summed E-state index contributed by atoms with van der Waals surface area (Å²) in [5, 5.41) is 11.1. The lowest BCUT2D eigenvalue weighted by molar-refractivity contribution is -0.277. The first-order valence-corrected chi connectivity index (χ1v) is 13.9. The van der Waals surface area contributed by atoms with Gasteiger partial charge in [0.15, 0.2) is 6.29 Å². The highest BCUT2D eigenvalue weighted by Gasteiger charge is 2.72. The lowest BCUT2D eigenvalue weighted by Crippen LogP contribution is -2.69. The Morgan fingerprint density at radius 3 is 2.17 bits per heavy atom. The lowest BCUT2D eigenvalue weighted by atomic mass is 9.34. The van der Waals surface area contributed by atoms with Crippen LogP contribution in [0.5, 0.6) is 0 Å². The number of aliphatic hydroxyl groups is 1. The lowest BCUT2D eigenvalue weighted by Gasteiger charge is -2.71. The molecule has 1 heterocycles. The zero-order chi connectivity index (χ0) is 25.6. The monoisotopic (exact) mass is 490 g/mol. The van der Waals surface area contributed by atoms with E-state index in [1.807, 2.05) is 0 Å². The fraction of sp³-hybridized carbons (Fsp3) is 0.931. The highest BCUT2D eigenvalue weighted by molar-refractivity contribution is 5.66. The van der Waals surface area contributed by atoms with Crippen LogP contribution < -0.4 is 0 Å². The van der Waals surface area contributed by atoms with Gasteiger partial charge in [0.25, 0.3) is 0 Å². The molecule has 0 amide bonds. The van der Waals surface area contributed by atoms with Crippen molar-refractivity contribution in [2.24, 2.45) is 51.2 Å². The van der Waals surface area contributed by atoms with Gasteiger partial charge in [-0.3, -0.25) is 9.59 Å². The molecule has 198 valence electrons. The number of hydrogen-bond acceptors (Lipinski definition) is 6. The fourth-order valence-corrected chi connectivity index (χ4v) is 10.9. The van der Waals surface area contributed by atoms with Crippen molar-refractivity contribution < 1.29 is 28.9 Å². The molecule has 4 aliphatic carbocycles. The molecule has 0 bridgehead atoms. The largest absolute Gasteiger partial charge is 0.462 e. The number of ether oxygens (including phenoxy) is 3. The Morgan fingerprint density at radius 2 is 1.51 bits per heavy atom. The van der Waals surface area contributed by atoms with Gasteiger partial charge >= 0.3 is 11.9 Å². The number of fused-ring (bicyclic) bond motifs is 7. The van der Waals surface area contributed by atoms with Crippen LogP contribution in [0.1, 0.15) is 93.4 Å². The molecule has 0 radical (unpaired) electrons. The minimum Gasteiger partial charge on any atom is -0.462 e. The Kier molecular flexibility index (Phi) is 5.96. The minimum absolute atomic E-state index is 0.00967. The maximum Gasteiger partial charge on any atom is 0.302 e. The van der Waals surface area contributed by atoms with E-state index in [-0.39, 0.29) is 52.7 Å². The molecular weight excluding hydrogens is 444 g/mol. The average molecular weight is 491 g/mol. The summed E-state index contributed by atoms with van der Waals surface area (Å²) >= 11 is 0. The second kappa shape index (κ2) is 8.18. The van der Waals surface area contributed by atoms with Gasteiger partial charge in [-0.05, 0) is 72.5 Å². The first kappa shape index (κ1) is 25.5. The highest BCUT2D eigenvalue weighted by Crippen LogP contribution is 2.74. The second-order valence-electron chi connectivity index (χ2n) is 14.0. The molecule has 0 aromatic heterocycles. The molecule has 0 aromatic carbocycles. The molecule has 0 spiro atoms. The van der Waals surface area contributed by atoms with Gasteiger partial charge in [0.1, 0.15) is 12.2 Å². The molecule has 6 nitrogen and oxygen atoms in total. The first-order valence-electron chi connectivity index (χ1n) is 13.9. The van der Waals surface area contributed by atoms with Gasteiger partial charge in [-0.25, -0.2) is 0 Å². The quantitative estimate of drug-likeness (QED) is 0.542. The molecule has 5 rings (SSSR count). The first-order chi connectivity index (χ1) is 16.2. The Labute approximate surface area is 210 Å². The van der Waals surface area contributed by atoms with E-state index in [0.717, 1.165) is 19.3 Å². The fourth-order valence-electron chi connectivity index (χ4n) is 10.9. The van der Waals surface area contributed by atoms with E-state index in [9.17, 15) is 14.7 Å². The van der Waals surface area contributed by atoms with Gasteiger partial charge in [0.05, 0.1) is 6.61 Å². The Bertz CT molecular complexity index is 884. The Balaban J connectivity index is 1.63. The van der Waals surface area contributed by atoms with Crippen molar-refractivity contribution in [1.82, 2.24) is 0 Å². The van der Waals surface area contributed by atoms with Crippen LogP contribution in [-0.4, -0.2) is 42.1 Å². The molecule has 11 unspecified atom stereocenters. The van der Waals surface area contributed by atoms with Crippen LogP contribution in [-0.2, 0) is 23.8 Å². The standard InChI is InChI=1S/C29H46O6/c1-16(30)34-19-13-22-28(6)12-9-20-26(3,4)10-8-11-27(20,5)21(28)14-23(35-17(2)31)29(22,7)24-18(19)15-33-25(24)32/h18-25,32H,8-15H2,1-7H3. The van der Waals surface area contributed by atoms with Crippen molar-refractivity contribution in [3.63, 3.8) is 0 Å². The van der Waals surface area contributed by atoms with Gasteiger partial charge in [0.2, 0.25) is 0 Å². The van der Waals surface area contributed by atoms with Crippen LogP contribution in [0, 0.1) is 51.2 Å². The maximum absolute atomic E-state index is 12.4. The molecule has 1 N–H and O–H groups in total. The third-order valence-electron chi connectivity index (χ3n) is 12.0. The minimum atomic E-state index is -0.940. The summed E-state index contributed by atoms with van der Waals surface area (Å²) in [6.07, 6.45) is 6.10. The van der Waals surface area contributed by atoms with Crippen LogP contribution >= 0.6 is 0 Å². The summed E-state index contributed by atoms with van der Waals surface area (Å²) in [4.78, 5) is 24.5. The highest BCUT2D eigenvalue weighted by atomic mass is 16.6. The average Bonchev–Trinajstić information content (AvgIpc) is 3.13. The smallest absolute Gasteiger partial charge is 0.302 e. The van der Waals surface area contributed by atoms with E-state index in [1.54, 1.807) is 0 Å². The van der Waals surface area contributed by atoms with Crippen LogP contribution in [0.2, 0.25) is 0 Å². The van der Waals surface area contributed by atoms with Crippen LogP contribution in [0.4, 0.5) is 0 Å². The van der Waals surface area contributed by atoms with Crippen molar-refractivity contribution in [2.75, 3.05) is 6.61 Å². The second-order valence-corrected chi connectivity index (χ2v) is 14.0. The number of carbonyl (C=O) groups excluding carboxylic acids is 2. The number of rotatable bonds is 2. The van der Waals surface area contributed by atoms with E-state index in [1.165, 1.54) is 39.5 Å². The van der Waals surface area contributed by atoms with E-state index >= 15 is 0 Å². The normalized spacial score (nSPS) is 52.3. The van der Waals surface area contributed by atoms with Crippen molar-refractivity contribution in [3.05, 3.63) is 0 Å². The van der Waals surface area contributed by atoms with E-state index in [4.69, 9.17) is 14.2 Å². The topological polar surface area (TPSA) is 82.1 Å². The molecule has 11 atom stereocenters. The van der Waals surface area contributed by atoms with Gasteiger partial charge in [-0.2, -0.15) is 0 Å². The summed E-state index contributed by atoms with van der Waals surface area (Å²) in [5.74, 6) is 0.345. The molecule has 0 aromatic rings. The van der Waals surface area contributed by atoms with E-state index in [2.05, 4.69) is 34.6 Å². The van der Waals surface area contributed by atoms with Crippen LogP contribution in [0.3, 0.4) is 0 Å². The molecular formula is C29H46O6. The van der Waals surface area contributed by atoms with Crippen molar-refractivity contribution in [2.45, 2.75) is 112 Å². The zero-order valence-electron chi connectivity index (χ0n) is 22.8. The van der Waals surface area contributed by atoms with Gasteiger partial charge < -0.3 is 19.3 Å². The van der Waals surface area contributed by atoms with Gasteiger partial charge in [0, 0.05) is 31.1 Å². The predicted octanol–water partition coefficient (Wildman–Crippen LogP) is 5.11. The van der Waals surface area contributed by atoms with Crippen LogP contribution in [0.15, 0.2) is 0 Å². The van der Waals surface area contributed by atoms with Gasteiger partial charge in [-0.15, -0.1) is 0 Å². The van der Waals surface area contributed by atoms with Gasteiger partial charge in [-0.1, -0.05) is 41.0 Å². The van der Waals surface area contributed by atoms with Crippen LogP contribution in [0.25, 0.3) is 0 Å². The summed E-state index contributed by atoms with van der Waals surface area (Å²) in [6, 6.07) is 0. The summed E-state index contributed by atoms with van der Waals surface area (Å²) in [7, 11) is 0. The van der Waals surface area contributed by atoms with E-state index in [0.29, 0.717) is 23.9 Å². The summed E-state index contributed by atoms with van der Waals surface area (Å²) in [5.41, 5.74) is 0.0454. The zero-order valence-corrected chi connectivity index (χ0v) is 22.8. The number of hydrogen-bond donors (Lipinski definition) is 1. The molecule has 1 saturated heterocycles. The molecule has 1 aliphatic heterocycles. The number of esters is 2. The molecule has 5 fully saturated rings.